The first-order chi connectivity index (χ1) is 9.58. The lowest BCUT2D eigenvalue weighted by Gasteiger charge is -2.03. The molecule has 2 aromatic rings. The summed E-state index contributed by atoms with van der Waals surface area (Å²) in [6, 6.07) is 2.41. The lowest BCUT2D eigenvalue weighted by molar-refractivity contribution is 0.0660. The number of aromatic nitrogens is 2. The molecule has 8 nitrogen and oxygen atoms in total. The van der Waals surface area contributed by atoms with Crippen molar-refractivity contribution in [3.63, 3.8) is 0 Å². The molecule has 0 radical (unpaired) electrons. The second kappa shape index (κ2) is 5.91. The van der Waals surface area contributed by atoms with Crippen molar-refractivity contribution in [1.82, 2.24) is 15.1 Å². The van der Waals surface area contributed by atoms with Crippen molar-refractivity contribution in [2.45, 2.75) is 20.0 Å². The van der Waals surface area contributed by atoms with E-state index in [-0.39, 0.29) is 12.3 Å². The van der Waals surface area contributed by atoms with Gasteiger partial charge in [0.25, 0.3) is 0 Å². The van der Waals surface area contributed by atoms with E-state index in [4.69, 9.17) is 9.52 Å². The summed E-state index contributed by atoms with van der Waals surface area (Å²) in [4.78, 5) is 22.2. The summed E-state index contributed by atoms with van der Waals surface area (Å²) in [5.41, 5.74) is 0.579. The molecule has 0 saturated carbocycles. The van der Waals surface area contributed by atoms with Crippen LogP contribution in [-0.4, -0.2) is 26.9 Å². The number of carboxylic acid groups (broad SMARTS) is 1. The Morgan fingerprint density at radius 3 is 2.85 bits per heavy atom. The topological polar surface area (TPSA) is 109 Å². The van der Waals surface area contributed by atoms with E-state index in [1.165, 1.54) is 12.1 Å². The number of carbonyl (C=O) groups excluding carboxylic acids is 1. The molecule has 0 atom stereocenters. The summed E-state index contributed by atoms with van der Waals surface area (Å²) in [5, 5.41) is 17.9. The maximum atomic E-state index is 11.6. The van der Waals surface area contributed by atoms with E-state index in [1.54, 1.807) is 17.1 Å². The number of nitrogens with zero attached hydrogens (tertiary/aromatic N) is 2. The average Bonchev–Trinajstić information content (AvgIpc) is 3.05. The first kappa shape index (κ1) is 13.7. The molecule has 0 saturated heterocycles. The molecule has 0 aliphatic rings. The number of aryl methyl sites for hydroxylation is 1. The Hall–Kier alpha value is -2.77. The SMILES string of the molecule is CCn1cc(NC(=O)NCc2ccc(C(=O)O)o2)cn1. The molecule has 3 N–H and O–H groups in total. The van der Waals surface area contributed by atoms with Crippen molar-refractivity contribution in [3.8, 4) is 0 Å². The number of hydrogen-bond acceptors (Lipinski definition) is 4. The molecule has 20 heavy (non-hydrogen) atoms. The molecule has 0 spiro atoms. The average molecular weight is 278 g/mol. The molecular formula is C12H14N4O4. The third-order valence-electron chi connectivity index (χ3n) is 2.51. The highest BCUT2D eigenvalue weighted by Gasteiger charge is 2.10. The summed E-state index contributed by atoms with van der Waals surface area (Å²) in [7, 11) is 0. The Labute approximate surface area is 114 Å². The molecule has 0 unspecified atom stereocenters. The van der Waals surface area contributed by atoms with Crippen molar-refractivity contribution < 1.29 is 19.1 Å². The summed E-state index contributed by atoms with van der Waals surface area (Å²) < 4.78 is 6.69. The fourth-order valence-electron chi connectivity index (χ4n) is 1.53. The molecule has 2 aromatic heterocycles. The Bertz CT molecular complexity index is 617. The predicted molar refractivity (Wildman–Crippen MR) is 69.4 cm³/mol. The van der Waals surface area contributed by atoms with Crippen molar-refractivity contribution in [2.24, 2.45) is 0 Å². The quantitative estimate of drug-likeness (QED) is 0.768. The van der Waals surface area contributed by atoms with Gasteiger partial charge in [-0.2, -0.15) is 5.10 Å². The first-order valence-electron chi connectivity index (χ1n) is 5.97. The minimum atomic E-state index is -1.15. The van der Waals surface area contributed by atoms with Crippen LogP contribution in [-0.2, 0) is 13.1 Å². The third kappa shape index (κ3) is 3.37. The number of rotatable bonds is 5. The molecule has 2 amide bonds. The second-order valence-corrected chi connectivity index (χ2v) is 3.96. The normalized spacial score (nSPS) is 10.2. The number of hydrogen-bond donors (Lipinski definition) is 3. The molecule has 0 aliphatic heterocycles. The van der Waals surface area contributed by atoms with Crippen LogP contribution in [0.1, 0.15) is 23.2 Å². The van der Waals surface area contributed by atoms with Crippen LogP contribution in [0.15, 0.2) is 28.9 Å². The van der Waals surface area contributed by atoms with Gasteiger partial charge in [-0.3, -0.25) is 4.68 Å². The predicted octanol–water partition coefficient (Wildman–Crippen LogP) is 1.52. The molecule has 0 aliphatic carbocycles. The highest BCUT2D eigenvalue weighted by atomic mass is 16.4. The summed E-state index contributed by atoms with van der Waals surface area (Å²) in [6.45, 7) is 2.75. The highest BCUT2D eigenvalue weighted by Crippen LogP contribution is 2.08. The number of furan rings is 1. The van der Waals surface area contributed by atoms with Gasteiger partial charge in [-0.15, -0.1) is 0 Å². The van der Waals surface area contributed by atoms with E-state index in [0.717, 1.165) is 0 Å². The number of amides is 2. The largest absolute Gasteiger partial charge is 0.475 e. The number of carboxylic acids is 1. The van der Waals surface area contributed by atoms with E-state index in [1.807, 2.05) is 6.92 Å². The maximum absolute atomic E-state index is 11.6. The first-order valence-corrected chi connectivity index (χ1v) is 5.97. The third-order valence-corrected chi connectivity index (χ3v) is 2.51. The van der Waals surface area contributed by atoms with Gasteiger partial charge in [-0.05, 0) is 19.1 Å². The molecule has 106 valence electrons. The highest BCUT2D eigenvalue weighted by molar-refractivity contribution is 5.88. The lowest BCUT2D eigenvalue weighted by atomic mass is 10.4. The van der Waals surface area contributed by atoms with Crippen LogP contribution in [0.5, 0.6) is 0 Å². The van der Waals surface area contributed by atoms with Crippen LogP contribution in [0.4, 0.5) is 10.5 Å². The van der Waals surface area contributed by atoms with Gasteiger partial charge >= 0.3 is 12.0 Å². The zero-order valence-corrected chi connectivity index (χ0v) is 10.8. The van der Waals surface area contributed by atoms with Crippen molar-refractivity contribution in [1.29, 1.82) is 0 Å². The van der Waals surface area contributed by atoms with E-state index < -0.39 is 12.0 Å². The minimum absolute atomic E-state index is 0.0982. The molecule has 2 rings (SSSR count). The monoisotopic (exact) mass is 278 g/mol. The van der Waals surface area contributed by atoms with Gasteiger partial charge in [0.1, 0.15) is 5.76 Å². The molecule has 0 aromatic carbocycles. The summed E-state index contributed by atoms with van der Waals surface area (Å²) in [6.07, 6.45) is 3.24. The Morgan fingerprint density at radius 2 is 2.25 bits per heavy atom. The number of urea groups is 1. The van der Waals surface area contributed by atoms with Crippen molar-refractivity contribution in [2.75, 3.05) is 5.32 Å². The van der Waals surface area contributed by atoms with Crippen LogP contribution in [0, 0.1) is 0 Å². The zero-order chi connectivity index (χ0) is 14.5. The molecule has 0 fully saturated rings. The van der Waals surface area contributed by atoms with E-state index >= 15 is 0 Å². The Balaban J connectivity index is 1.83. The molecular weight excluding hydrogens is 264 g/mol. The smallest absolute Gasteiger partial charge is 0.371 e. The van der Waals surface area contributed by atoms with Gasteiger partial charge in [-0.1, -0.05) is 0 Å². The molecule has 2 heterocycles. The van der Waals surface area contributed by atoms with Crippen LogP contribution < -0.4 is 10.6 Å². The second-order valence-electron chi connectivity index (χ2n) is 3.96. The van der Waals surface area contributed by atoms with E-state index in [0.29, 0.717) is 18.0 Å². The Kier molecular flexibility index (Phi) is 4.04. The van der Waals surface area contributed by atoms with Crippen molar-refractivity contribution in [3.05, 3.63) is 36.0 Å². The standard InChI is InChI=1S/C12H14N4O4/c1-2-16-7-8(5-14-16)15-12(19)13-6-9-3-4-10(20-9)11(17)18/h3-5,7H,2,6H2,1H3,(H,17,18)(H2,13,15,19). The van der Waals surface area contributed by atoms with Crippen LogP contribution in [0.3, 0.4) is 0 Å². The summed E-state index contributed by atoms with van der Waals surface area (Å²) in [5.74, 6) is -0.944. The van der Waals surface area contributed by atoms with Crippen LogP contribution >= 0.6 is 0 Å². The fourth-order valence-corrected chi connectivity index (χ4v) is 1.53. The minimum Gasteiger partial charge on any atom is -0.475 e. The Morgan fingerprint density at radius 1 is 1.45 bits per heavy atom. The van der Waals surface area contributed by atoms with Crippen molar-refractivity contribution >= 4 is 17.7 Å². The van der Waals surface area contributed by atoms with Gasteiger partial charge in [0.2, 0.25) is 5.76 Å². The zero-order valence-electron chi connectivity index (χ0n) is 10.8. The number of anilines is 1. The summed E-state index contributed by atoms with van der Waals surface area (Å²) >= 11 is 0. The fraction of sp³-hybridized carbons (Fsp3) is 0.250. The van der Waals surface area contributed by atoms with E-state index in [2.05, 4.69) is 15.7 Å². The van der Waals surface area contributed by atoms with Gasteiger partial charge in [0.15, 0.2) is 0 Å². The molecule has 0 bridgehead atoms. The lowest BCUT2D eigenvalue weighted by Crippen LogP contribution is -2.27. The molecule has 8 heteroatoms. The van der Waals surface area contributed by atoms with Gasteiger partial charge in [0, 0.05) is 12.7 Å². The number of aromatic carboxylic acids is 1. The number of carbonyl (C=O) groups is 2. The van der Waals surface area contributed by atoms with Gasteiger partial charge < -0.3 is 20.2 Å². The number of nitrogens with one attached hydrogen (secondary N) is 2. The van der Waals surface area contributed by atoms with Crippen LogP contribution in [0.25, 0.3) is 0 Å². The van der Waals surface area contributed by atoms with E-state index in [9.17, 15) is 9.59 Å². The van der Waals surface area contributed by atoms with Gasteiger partial charge in [-0.25, -0.2) is 9.59 Å². The maximum Gasteiger partial charge on any atom is 0.371 e. The van der Waals surface area contributed by atoms with Gasteiger partial charge in [0.05, 0.1) is 18.4 Å². The van der Waals surface area contributed by atoms with Crippen LogP contribution in [0.2, 0.25) is 0 Å².